The number of hydrogen-bond acceptors (Lipinski definition) is 4. The molecule has 162 valence electrons. The Kier molecular flexibility index (Phi) is 6.87. The molecular formula is C26H16Br2N2O3. The number of nitriles is 1. The third-order valence-corrected chi connectivity index (χ3v) is 6.27. The zero-order valence-corrected chi connectivity index (χ0v) is 20.3. The van der Waals surface area contributed by atoms with Gasteiger partial charge in [0.15, 0.2) is 0 Å². The summed E-state index contributed by atoms with van der Waals surface area (Å²) in [5, 5.41) is 22.8. The molecule has 0 fully saturated rings. The van der Waals surface area contributed by atoms with Crippen molar-refractivity contribution in [2.75, 3.05) is 0 Å². The van der Waals surface area contributed by atoms with Gasteiger partial charge in [0.25, 0.3) is 5.69 Å². The van der Waals surface area contributed by atoms with Gasteiger partial charge < -0.3 is 4.74 Å². The lowest BCUT2D eigenvalue weighted by atomic mass is 10.0. The largest absolute Gasteiger partial charge is 0.487 e. The lowest BCUT2D eigenvalue weighted by Crippen LogP contribution is -1.98. The van der Waals surface area contributed by atoms with Gasteiger partial charge in [-0.2, -0.15) is 5.26 Å². The van der Waals surface area contributed by atoms with Gasteiger partial charge in [-0.15, -0.1) is 0 Å². The molecule has 0 saturated heterocycles. The quantitative estimate of drug-likeness (QED) is 0.103. The van der Waals surface area contributed by atoms with Crippen molar-refractivity contribution in [1.82, 2.24) is 0 Å². The number of halogens is 2. The number of nitrogens with zero attached hydrogens (tertiary/aromatic N) is 2. The standard InChI is InChI=1S/C26H16Br2N2O3/c27-24-13-17(12-21(15-29)18-8-10-22(11-9-18)30(31)32)14-25(28)26(24)33-16-20-6-3-5-19-4-1-2-7-23(19)20/h1-14H,16H2/b21-12+. The number of fused-ring (bicyclic) bond motifs is 1. The minimum atomic E-state index is -0.468. The maximum Gasteiger partial charge on any atom is 0.269 e. The number of allylic oxidation sites excluding steroid dienone is 1. The highest BCUT2D eigenvalue weighted by atomic mass is 79.9. The Morgan fingerprint density at radius 1 is 1.00 bits per heavy atom. The van der Waals surface area contributed by atoms with Crippen molar-refractivity contribution >= 4 is 60.0 Å². The van der Waals surface area contributed by atoms with Crippen molar-refractivity contribution in [3.63, 3.8) is 0 Å². The summed E-state index contributed by atoms with van der Waals surface area (Å²) in [6.07, 6.45) is 1.73. The van der Waals surface area contributed by atoms with Crippen LogP contribution in [0.15, 0.2) is 87.8 Å². The molecule has 4 rings (SSSR count). The van der Waals surface area contributed by atoms with Crippen molar-refractivity contribution in [2.45, 2.75) is 6.61 Å². The number of nitro benzene ring substituents is 1. The zero-order chi connectivity index (χ0) is 23.4. The summed E-state index contributed by atoms with van der Waals surface area (Å²) in [6.45, 7) is 0.403. The van der Waals surface area contributed by atoms with Crippen LogP contribution < -0.4 is 4.74 Å². The topological polar surface area (TPSA) is 76.2 Å². The van der Waals surface area contributed by atoms with Crippen LogP contribution in [0.5, 0.6) is 5.75 Å². The third-order valence-electron chi connectivity index (χ3n) is 5.09. The molecule has 33 heavy (non-hydrogen) atoms. The van der Waals surface area contributed by atoms with E-state index < -0.39 is 4.92 Å². The van der Waals surface area contributed by atoms with Crippen LogP contribution in [0.25, 0.3) is 22.4 Å². The second-order valence-corrected chi connectivity index (χ2v) is 8.92. The van der Waals surface area contributed by atoms with Crippen LogP contribution in [0.1, 0.15) is 16.7 Å². The number of ether oxygens (including phenoxy) is 1. The Hall–Kier alpha value is -3.47. The lowest BCUT2D eigenvalue weighted by molar-refractivity contribution is -0.384. The average Bonchev–Trinajstić information content (AvgIpc) is 2.82. The van der Waals surface area contributed by atoms with E-state index >= 15 is 0 Å². The number of nitro groups is 1. The van der Waals surface area contributed by atoms with E-state index in [9.17, 15) is 15.4 Å². The summed E-state index contributed by atoms with van der Waals surface area (Å²) in [5.74, 6) is 0.661. The average molecular weight is 564 g/mol. The molecule has 0 N–H and O–H groups in total. The van der Waals surface area contributed by atoms with Gasteiger partial charge in [0, 0.05) is 12.1 Å². The van der Waals surface area contributed by atoms with Gasteiger partial charge in [-0.05, 0) is 89.7 Å². The molecule has 4 aromatic carbocycles. The van der Waals surface area contributed by atoms with Crippen LogP contribution in [0, 0.1) is 21.4 Å². The monoisotopic (exact) mass is 562 g/mol. The Labute approximate surface area is 207 Å². The Morgan fingerprint density at radius 2 is 1.67 bits per heavy atom. The molecule has 0 spiro atoms. The fraction of sp³-hybridized carbons (Fsp3) is 0.0385. The molecule has 0 heterocycles. The zero-order valence-electron chi connectivity index (χ0n) is 17.2. The molecule has 0 saturated carbocycles. The first kappa shape index (κ1) is 22.7. The first-order chi connectivity index (χ1) is 16.0. The van der Waals surface area contributed by atoms with Crippen LogP contribution in [0.4, 0.5) is 5.69 Å². The number of rotatable bonds is 6. The predicted octanol–water partition coefficient (Wildman–Crippen LogP) is 7.92. The minimum absolute atomic E-state index is 0.0192. The Balaban J connectivity index is 1.58. The number of benzene rings is 4. The predicted molar refractivity (Wildman–Crippen MR) is 137 cm³/mol. The molecule has 0 aliphatic carbocycles. The molecule has 0 aromatic heterocycles. The van der Waals surface area contributed by atoms with E-state index in [1.807, 2.05) is 36.4 Å². The first-order valence-electron chi connectivity index (χ1n) is 9.91. The molecular weight excluding hydrogens is 548 g/mol. The highest BCUT2D eigenvalue weighted by molar-refractivity contribution is 9.11. The smallest absolute Gasteiger partial charge is 0.269 e. The normalized spacial score (nSPS) is 11.2. The van der Waals surface area contributed by atoms with E-state index in [0.29, 0.717) is 23.5 Å². The summed E-state index contributed by atoms with van der Waals surface area (Å²) >= 11 is 7.15. The third kappa shape index (κ3) is 5.14. The highest BCUT2D eigenvalue weighted by Crippen LogP contribution is 2.37. The molecule has 0 atom stereocenters. The molecule has 0 aliphatic heterocycles. The molecule has 7 heteroatoms. The van der Waals surface area contributed by atoms with E-state index in [-0.39, 0.29) is 5.69 Å². The van der Waals surface area contributed by atoms with Gasteiger partial charge in [-0.3, -0.25) is 10.1 Å². The van der Waals surface area contributed by atoms with Crippen molar-refractivity contribution in [1.29, 1.82) is 5.26 Å². The fourth-order valence-corrected chi connectivity index (χ4v) is 4.93. The van der Waals surface area contributed by atoms with Crippen molar-refractivity contribution in [2.24, 2.45) is 0 Å². The molecule has 0 radical (unpaired) electrons. The van der Waals surface area contributed by atoms with Crippen molar-refractivity contribution in [3.8, 4) is 11.8 Å². The molecule has 0 bridgehead atoms. The summed E-state index contributed by atoms with van der Waals surface area (Å²) in [6, 6.07) is 26.1. The highest BCUT2D eigenvalue weighted by Gasteiger charge is 2.12. The molecule has 0 aliphatic rings. The van der Waals surface area contributed by atoms with Crippen LogP contribution in [-0.4, -0.2) is 4.92 Å². The van der Waals surface area contributed by atoms with E-state index in [4.69, 9.17) is 4.74 Å². The summed E-state index contributed by atoms with van der Waals surface area (Å²) in [5.41, 5.74) is 2.84. The minimum Gasteiger partial charge on any atom is -0.487 e. The number of non-ortho nitro benzene ring substituents is 1. The van der Waals surface area contributed by atoms with Crippen LogP contribution >= 0.6 is 31.9 Å². The van der Waals surface area contributed by atoms with Gasteiger partial charge in [-0.1, -0.05) is 42.5 Å². The van der Waals surface area contributed by atoms with Gasteiger partial charge in [0.1, 0.15) is 12.4 Å². The van der Waals surface area contributed by atoms with Crippen molar-refractivity contribution < 1.29 is 9.66 Å². The fourth-order valence-electron chi connectivity index (χ4n) is 3.48. The lowest BCUT2D eigenvalue weighted by Gasteiger charge is -2.13. The maximum atomic E-state index is 10.9. The van der Waals surface area contributed by atoms with Gasteiger partial charge in [0.2, 0.25) is 0 Å². The van der Waals surface area contributed by atoms with E-state index in [2.05, 4.69) is 56.1 Å². The van der Waals surface area contributed by atoms with Gasteiger partial charge in [0.05, 0.1) is 25.5 Å². The number of hydrogen-bond donors (Lipinski definition) is 0. The molecule has 0 unspecified atom stereocenters. The van der Waals surface area contributed by atoms with Crippen molar-refractivity contribution in [3.05, 3.63) is 115 Å². The van der Waals surface area contributed by atoms with E-state index in [1.54, 1.807) is 18.2 Å². The molecule has 4 aromatic rings. The summed E-state index contributed by atoms with van der Waals surface area (Å²) in [7, 11) is 0. The Bertz CT molecular complexity index is 1400. The van der Waals surface area contributed by atoms with Crippen LogP contribution in [-0.2, 0) is 6.61 Å². The molecule has 5 nitrogen and oxygen atoms in total. The second-order valence-electron chi connectivity index (χ2n) is 7.21. The summed E-state index contributed by atoms with van der Waals surface area (Å²) in [4.78, 5) is 10.4. The maximum absolute atomic E-state index is 10.9. The Morgan fingerprint density at radius 3 is 2.33 bits per heavy atom. The van der Waals surface area contributed by atoms with Crippen LogP contribution in [0.3, 0.4) is 0 Å². The van der Waals surface area contributed by atoms with Crippen LogP contribution in [0.2, 0.25) is 0 Å². The first-order valence-corrected chi connectivity index (χ1v) is 11.5. The second kappa shape index (κ2) is 9.99. The van der Waals surface area contributed by atoms with E-state index in [0.717, 1.165) is 30.8 Å². The van der Waals surface area contributed by atoms with E-state index in [1.165, 1.54) is 12.1 Å². The van der Waals surface area contributed by atoms with Gasteiger partial charge in [-0.25, -0.2) is 0 Å². The van der Waals surface area contributed by atoms with Gasteiger partial charge >= 0.3 is 0 Å². The molecule has 0 amide bonds. The summed E-state index contributed by atoms with van der Waals surface area (Å²) < 4.78 is 7.61. The SMILES string of the molecule is N#C/C(=C\c1cc(Br)c(OCc2cccc3ccccc23)c(Br)c1)c1ccc([N+](=O)[O-])cc1.